The highest BCUT2D eigenvalue weighted by atomic mass is 35.5. The van der Waals surface area contributed by atoms with Crippen LogP contribution in [0.4, 0.5) is 0 Å². The van der Waals surface area contributed by atoms with Crippen LogP contribution in [-0.4, -0.2) is 24.0 Å². The third-order valence-electron chi connectivity index (χ3n) is 3.32. The first-order chi connectivity index (χ1) is 12.1. The molecule has 0 saturated heterocycles. The fourth-order valence-corrected chi connectivity index (χ4v) is 3.07. The molecule has 2 aromatic carbocycles. The summed E-state index contributed by atoms with van der Waals surface area (Å²) in [6.45, 7) is 4.44. The number of rotatable bonds is 8. The lowest BCUT2D eigenvalue weighted by molar-refractivity contribution is -0.118. The number of hydrogen-bond donors (Lipinski definition) is 1. The molecule has 1 amide bonds. The number of thioether (sulfide) groups is 1. The van der Waals surface area contributed by atoms with Gasteiger partial charge in [-0.1, -0.05) is 23.7 Å². The van der Waals surface area contributed by atoms with Crippen molar-refractivity contribution in [1.29, 1.82) is 0 Å². The van der Waals surface area contributed by atoms with Gasteiger partial charge in [0.25, 0.3) is 0 Å². The van der Waals surface area contributed by atoms with Gasteiger partial charge in [-0.2, -0.15) is 5.10 Å². The van der Waals surface area contributed by atoms with Gasteiger partial charge in [-0.05, 0) is 61.4 Å². The molecule has 0 aromatic heterocycles. The average molecular weight is 377 g/mol. The van der Waals surface area contributed by atoms with Gasteiger partial charge in [0.15, 0.2) is 0 Å². The summed E-state index contributed by atoms with van der Waals surface area (Å²) in [5, 5.41) is 4.86. The summed E-state index contributed by atoms with van der Waals surface area (Å²) in [6, 6.07) is 15.3. The molecule has 2 rings (SSSR count). The third kappa shape index (κ3) is 6.80. The fraction of sp³-hybridized carbons (Fsp3) is 0.263. The van der Waals surface area contributed by atoms with Crippen LogP contribution in [0.3, 0.4) is 0 Å². The monoisotopic (exact) mass is 376 g/mol. The highest BCUT2D eigenvalue weighted by molar-refractivity contribution is 7.99. The van der Waals surface area contributed by atoms with E-state index < -0.39 is 0 Å². The second-order valence-corrected chi connectivity index (χ2v) is 6.73. The Hall–Kier alpha value is -1.98. The van der Waals surface area contributed by atoms with Gasteiger partial charge in [0.1, 0.15) is 5.75 Å². The Balaban J connectivity index is 1.78. The van der Waals surface area contributed by atoms with Crippen LogP contribution >= 0.6 is 23.4 Å². The van der Waals surface area contributed by atoms with E-state index in [-0.39, 0.29) is 5.91 Å². The van der Waals surface area contributed by atoms with Crippen molar-refractivity contribution in [2.24, 2.45) is 5.10 Å². The van der Waals surface area contributed by atoms with Crippen LogP contribution in [0.5, 0.6) is 5.75 Å². The van der Waals surface area contributed by atoms with E-state index in [0.717, 1.165) is 28.3 Å². The molecular formula is C19H21ClN2O2S. The van der Waals surface area contributed by atoms with Crippen LogP contribution in [-0.2, 0) is 10.5 Å². The number of carbonyl (C=O) groups excluding carboxylic acids is 1. The molecule has 0 aliphatic heterocycles. The molecule has 0 saturated carbocycles. The van der Waals surface area contributed by atoms with Crippen LogP contribution in [0.15, 0.2) is 53.6 Å². The first-order valence-electron chi connectivity index (χ1n) is 7.97. The molecule has 0 atom stereocenters. The van der Waals surface area contributed by atoms with Gasteiger partial charge in [-0.25, -0.2) is 5.43 Å². The van der Waals surface area contributed by atoms with Gasteiger partial charge in [-0.15, -0.1) is 11.8 Å². The number of hydrazone groups is 1. The van der Waals surface area contributed by atoms with E-state index in [9.17, 15) is 4.79 Å². The Bertz CT molecular complexity index is 732. The number of ether oxygens (including phenoxy) is 1. The minimum absolute atomic E-state index is 0.127. The number of hydrogen-bond acceptors (Lipinski definition) is 4. The van der Waals surface area contributed by atoms with Crippen molar-refractivity contribution < 1.29 is 9.53 Å². The van der Waals surface area contributed by atoms with E-state index in [0.29, 0.717) is 17.4 Å². The minimum atomic E-state index is -0.127. The molecule has 132 valence electrons. The molecule has 0 spiro atoms. The second kappa shape index (κ2) is 10.1. The predicted molar refractivity (Wildman–Crippen MR) is 106 cm³/mol. The Kier molecular flexibility index (Phi) is 7.82. The molecular weight excluding hydrogens is 356 g/mol. The predicted octanol–water partition coefficient (Wildman–Crippen LogP) is 4.51. The van der Waals surface area contributed by atoms with Crippen LogP contribution in [0.1, 0.15) is 25.0 Å². The van der Waals surface area contributed by atoms with E-state index >= 15 is 0 Å². The molecule has 25 heavy (non-hydrogen) atoms. The Labute approximate surface area is 157 Å². The van der Waals surface area contributed by atoms with E-state index in [1.807, 2.05) is 62.4 Å². The minimum Gasteiger partial charge on any atom is -0.494 e. The lowest BCUT2D eigenvalue weighted by atomic mass is 10.1. The molecule has 1 N–H and O–H groups in total. The van der Waals surface area contributed by atoms with Crippen molar-refractivity contribution in [1.82, 2.24) is 5.43 Å². The summed E-state index contributed by atoms with van der Waals surface area (Å²) < 4.78 is 5.41. The number of halogens is 1. The third-order valence-corrected chi connectivity index (χ3v) is 4.56. The zero-order chi connectivity index (χ0) is 18.1. The first kappa shape index (κ1) is 19.3. The van der Waals surface area contributed by atoms with E-state index in [4.69, 9.17) is 16.3 Å². The maximum atomic E-state index is 11.9. The van der Waals surface area contributed by atoms with Gasteiger partial charge in [-0.3, -0.25) is 4.79 Å². The van der Waals surface area contributed by atoms with Gasteiger partial charge >= 0.3 is 0 Å². The van der Waals surface area contributed by atoms with Gasteiger partial charge < -0.3 is 4.74 Å². The van der Waals surface area contributed by atoms with Gasteiger partial charge in [0.05, 0.1) is 18.1 Å². The molecule has 0 aliphatic rings. The molecule has 0 bridgehead atoms. The van der Waals surface area contributed by atoms with Crippen LogP contribution < -0.4 is 10.2 Å². The van der Waals surface area contributed by atoms with Crippen LogP contribution in [0.25, 0.3) is 0 Å². The SMILES string of the molecule is CCOc1ccc(/C(C)=N\NC(=O)CSCc2cccc(Cl)c2)cc1. The molecule has 2 aromatic rings. The Morgan fingerprint density at radius 2 is 2.00 bits per heavy atom. The number of carbonyl (C=O) groups is 1. The number of nitrogens with zero attached hydrogens (tertiary/aromatic N) is 1. The Morgan fingerprint density at radius 1 is 1.24 bits per heavy atom. The lowest BCUT2D eigenvalue weighted by Crippen LogP contribution is -2.21. The molecule has 4 nitrogen and oxygen atoms in total. The Morgan fingerprint density at radius 3 is 2.68 bits per heavy atom. The summed E-state index contributed by atoms with van der Waals surface area (Å²) in [5.41, 5.74) is 5.37. The number of nitrogens with one attached hydrogen (secondary N) is 1. The van der Waals surface area contributed by atoms with Crippen molar-refractivity contribution in [3.63, 3.8) is 0 Å². The van der Waals surface area contributed by atoms with Crippen molar-refractivity contribution in [3.8, 4) is 5.75 Å². The number of amides is 1. The molecule has 0 radical (unpaired) electrons. The van der Waals surface area contributed by atoms with E-state index in [2.05, 4.69) is 10.5 Å². The summed E-state index contributed by atoms with van der Waals surface area (Å²) in [7, 11) is 0. The highest BCUT2D eigenvalue weighted by Gasteiger charge is 2.03. The van der Waals surface area contributed by atoms with Gasteiger partial charge in [0, 0.05) is 10.8 Å². The smallest absolute Gasteiger partial charge is 0.250 e. The maximum Gasteiger partial charge on any atom is 0.250 e. The van der Waals surface area contributed by atoms with Crippen molar-refractivity contribution in [3.05, 3.63) is 64.7 Å². The summed E-state index contributed by atoms with van der Waals surface area (Å²) in [5.74, 6) is 1.76. The van der Waals surface area contributed by atoms with Gasteiger partial charge in [0.2, 0.25) is 5.91 Å². The van der Waals surface area contributed by atoms with Crippen molar-refractivity contribution >= 4 is 35.0 Å². The summed E-state index contributed by atoms with van der Waals surface area (Å²) >= 11 is 7.46. The summed E-state index contributed by atoms with van der Waals surface area (Å²) in [4.78, 5) is 11.9. The molecule has 6 heteroatoms. The standard InChI is InChI=1S/C19H21ClN2O2S/c1-3-24-18-9-7-16(8-10-18)14(2)21-22-19(23)13-25-12-15-5-4-6-17(20)11-15/h4-11H,3,12-13H2,1-2H3,(H,22,23)/b21-14-. The number of benzene rings is 2. The van der Waals surface area contributed by atoms with Crippen LogP contribution in [0.2, 0.25) is 5.02 Å². The molecule has 0 aliphatic carbocycles. The molecule has 0 heterocycles. The zero-order valence-corrected chi connectivity index (χ0v) is 15.9. The average Bonchev–Trinajstić information content (AvgIpc) is 2.61. The quantitative estimate of drug-likeness (QED) is 0.544. The topological polar surface area (TPSA) is 50.7 Å². The first-order valence-corrected chi connectivity index (χ1v) is 9.50. The highest BCUT2D eigenvalue weighted by Crippen LogP contribution is 2.16. The van der Waals surface area contributed by atoms with E-state index in [1.165, 1.54) is 11.8 Å². The molecule has 0 unspecified atom stereocenters. The second-order valence-electron chi connectivity index (χ2n) is 5.31. The largest absolute Gasteiger partial charge is 0.494 e. The van der Waals surface area contributed by atoms with E-state index in [1.54, 1.807) is 0 Å². The summed E-state index contributed by atoms with van der Waals surface area (Å²) in [6.07, 6.45) is 0. The fourth-order valence-electron chi connectivity index (χ4n) is 2.09. The maximum absolute atomic E-state index is 11.9. The molecule has 0 fully saturated rings. The lowest BCUT2D eigenvalue weighted by Gasteiger charge is -2.06. The zero-order valence-electron chi connectivity index (χ0n) is 14.3. The normalized spacial score (nSPS) is 11.2. The van der Waals surface area contributed by atoms with Crippen LogP contribution in [0, 0.1) is 0 Å². The van der Waals surface area contributed by atoms with Crippen molar-refractivity contribution in [2.45, 2.75) is 19.6 Å². The van der Waals surface area contributed by atoms with Crippen molar-refractivity contribution in [2.75, 3.05) is 12.4 Å².